The van der Waals surface area contributed by atoms with Gasteiger partial charge in [-0.15, -0.1) is 5.10 Å². The van der Waals surface area contributed by atoms with Crippen molar-refractivity contribution in [3.63, 3.8) is 0 Å². The SMILES string of the molecule is C1=Cc2nnccc2ON=C1. The summed E-state index contributed by atoms with van der Waals surface area (Å²) < 4.78 is 0. The summed E-state index contributed by atoms with van der Waals surface area (Å²) in [5.74, 6) is 0.630. The van der Waals surface area contributed by atoms with Gasteiger partial charge in [-0.25, -0.2) is 0 Å². The molecule has 0 spiro atoms. The quantitative estimate of drug-likeness (QED) is 0.547. The number of allylic oxidation sites excluding steroid dienone is 1. The van der Waals surface area contributed by atoms with E-state index < -0.39 is 0 Å². The number of rotatable bonds is 0. The zero-order valence-corrected chi connectivity index (χ0v) is 5.64. The average Bonchev–Trinajstić information content (AvgIpc) is 2.28. The van der Waals surface area contributed by atoms with E-state index in [-0.39, 0.29) is 0 Å². The molecule has 1 aromatic heterocycles. The third-order valence-corrected chi connectivity index (χ3v) is 1.26. The Bertz CT molecular complexity index is 319. The van der Waals surface area contributed by atoms with Gasteiger partial charge in [0, 0.05) is 6.07 Å². The van der Waals surface area contributed by atoms with E-state index in [0.717, 1.165) is 0 Å². The number of hydrogen-bond acceptors (Lipinski definition) is 4. The Morgan fingerprint density at radius 1 is 1.36 bits per heavy atom. The largest absolute Gasteiger partial charge is 0.355 e. The molecule has 11 heavy (non-hydrogen) atoms. The third-order valence-electron chi connectivity index (χ3n) is 1.26. The Labute approximate surface area is 63.2 Å². The van der Waals surface area contributed by atoms with Gasteiger partial charge in [0.05, 0.1) is 12.4 Å². The van der Waals surface area contributed by atoms with Crippen LogP contribution in [0.15, 0.2) is 23.5 Å². The molecule has 4 nitrogen and oxygen atoms in total. The summed E-state index contributed by atoms with van der Waals surface area (Å²) in [5.41, 5.74) is 0.699. The number of hydrogen-bond donors (Lipinski definition) is 0. The predicted octanol–water partition coefficient (Wildman–Crippen LogP) is 0.868. The molecule has 1 aliphatic rings. The van der Waals surface area contributed by atoms with Crippen LogP contribution in [0.1, 0.15) is 5.69 Å². The lowest BCUT2D eigenvalue weighted by molar-refractivity contribution is 0.341. The fraction of sp³-hybridized carbons (Fsp3) is 0. The van der Waals surface area contributed by atoms with Crippen LogP contribution in [-0.4, -0.2) is 16.4 Å². The summed E-state index contributed by atoms with van der Waals surface area (Å²) in [4.78, 5) is 4.95. The molecule has 0 unspecified atom stereocenters. The van der Waals surface area contributed by atoms with E-state index in [2.05, 4.69) is 15.4 Å². The summed E-state index contributed by atoms with van der Waals surface area (Å²) in [6.45, 7) is 0. The molecule has 0 amide bonds. The minimum atomic E-state index is 0.630. The summed E-state index contributed by atoms with van der Waals surface area (Å²) in [6.07, 6.45) is 6.66. The molecule has 0 saturated heterocycles. The van der Waals surface area contributed by atoms with Crippen LogP contribution >= 0.6 is 0 Å². The highest BCUT2D eigenvalue weighted by Crippen LogP contribution is 2.16. The molecular weight excluding hydrogens is 142 g/mol. The van der Waals surface area contributed by atoms with Gasteiger partial charge in [-0.05, 0) is 12.2 Å². The van der Waals surface area contributed by atoms with E-state index in [0.29, 0.717) is 11.4 Å². The minimum Gasteiger partial charge on any atom is -0.355 e. The Hall–Kier alpha value is -1.71. The van der Waals surface area contributed by atoms with Gasteiger partial charge < -0.3 is 4.84 Å². The molecule has 0 saturated carbocycles. The fourth-order valence-corrected chi connectivity index (χ4v) is 0.780. The zero-order valence-electron chi connectivity index (χ0n) is 5.64. The van der Waals surface area contributed by atoms with Crippen molar-refractivity contribution in [1.82, 2.24) is 10.2 Å². The lowest BCUT2D eigenvalue weighted by Gasteiger charge is -1.96. The molecule has 0 aliphatic carbocycles. The molecule has 0 N–H and O–H groups in total. The summed E-state index contributed by atoms with van der Waals surface area (Å²) in [6, 6.07) is 1.72. The maximum absolute atomic E-state index is 4.95. The highest BCUT2D eigenvalue weighted by atomic mass is 16.6. The second-order valence-electron chi connectivity index (χ2n) is 1.99. The van der Waals surface area contributed by atoms with Gasteiger partial charge in [0.25, 0.3) is 0 Å². The van der Waals surface area contributed by atoms with E-state index in [1.54, 1.807) is 30.6 Å². The van der Waals surface area contributed by atoms with Gasteiger partial charge in [-0.2, -0.15) is 5.10 Å². The zero-order chi connectivity index (χ0) is 7.52. The van der Waals surface area contributed by atoms with E-state index in [4.69, 9.17) is 4.84 Å². The summed E-state index contributed by atoms with van der Waals surface area (Å²) >= 11 is 0. The fourth-order valence-electron chi connectivity index (χ4n) is 0.780. The van der Waals surface area contributed by atoms with Crippen molar-refractivity contribution in [2.24, 2.45) is 5.16 Å². The lowest BCUT2D eigenvalue weighted by Crippen LogP contribution is -1.89. The number of fused-ring (bicyclic) bond motifs is 1. The van der Waals surface area contributed by atoms with E-state index in [1.807, 2.05) is 0 Å². The number of nitrogens with zero attached hydrogens (tertiary/aromatic N) is 3. The van der Waals surface area contributed by atoms with E-state index in [1.165, 1.54) is 0 Å². The van der Waals surface area contributed by atoms with Crippen molar-refractivity contribution >= 4 is 12.3 Å². The molecule has 0 bridgehead atoms. The number of oxime groups is 1. The molecule has 2 heterocycles. The van der Waals surface area contributed by atoms with Crippen molar-refractivity contribution in [3.05, 3.63) is 24.0 Å². The van der Waals surface area contributed by atoms with Crippen LogP contribution in [0.4, 0.5) is 0 Å². The van der Waals surface area contributed by atoms with Crippen molar-refractivity contribution in [2.75, 3.05) is 0 Å². The van der Waals surface area contributed by atoms with Gasteiger partial charge in [0.1, 0.15) is 5.69 Å². The highest BCUT2D eigenvalue weighted by Gasteiger charge is 2.02. The van der Waals surface area contributed by atoms with Gasteiger partial charge in [-0.3, -0.25) is 0 Å². The third kappa shape index (κ3) is 1.10. The minimum absolute atomic E-state index is 0.630. The van der Waals surface area contributed by atoms with Crippen LogP contribution in [0.2, 0.25) is 0 Å². The van der Waals surface area contributed by atoms with Crippen LogP contribution in [0.25, 0.3) is 6.08 Å². The Morgan fingerprint density at radius 2 is 2.36 bits per heavy atom. The Morgan fingerprint density at radius 3 is 3.36 bits per heavy atom. The number of aromatic nitrogens is 2. The van der Waals surface area contributed by atoms with Gasteiger partial charge in [0.2, 0.25) is 0 Å². The smallest absolute Gasteiger partial charge is 0.187 e. The molecule has 1 aliphatic heterocycles. The van der Waals surface area contributed by atoms with Gasteiger partial charge >= 0.3 is 0 Å². The summed E-state index contributed by atoms with van der Waals surface area (Å²) in [5, 5.41) is 11.2. The van der Waals surface area contributed by atoms with Crippen LogP contribution in [0, 0.1) is 0 Å². The molecule has 0 radical (unpaired) electrons. The molecule has 1 aromatic rings. The van der Waals surface area contributed by atoms with E-state index >= 15 is 0 Å². The molecule has 0 atom stereocenters. The van der Waals surface area contributed by atoms with Gasteiger partial charge in [0.15, 0.2) is 5.75 Å². The lowest BCUT2D eigenvalue weighted by atomic mass is 10.3. The molecule has 2 rings (SSSR count). The molecule has 54 valence electrons. The second-order valence-corrected chi connectivity index (χ2v) is 1.99. The Kier molecular flexibility index (Phi) is 1.37. The standard InChI is InChI=1S/C7H5N3O/c1-2-6-7(11-9-4-1)3-5-8-10-6/h1-5H. The average molecular weight is 147 g/mol. The Balaban J connectivity index is 2.52. The molecule has 0 fully saturated rings. The van der Waals surface area contributed by atoms with Crippen molar-refractivity contribution in [2.45, 2.75) is 0 Å². The molecule has 0 aromatic carbocycles. The van der Waals surface area contributed by atoms with E-state index in [9.17, 15) is 0 Å². The maximum atomic E-state index is 4.95. The normalized spacial score (nSPS) is 13.5. The molecule has 4 heteroatoms. The second kappa shape index (κ2) is 2.49. The van der Waals surface area contributed by atoms with Crippen LogP contribution in [0.3, 0.4) is 0 Å². The van der Waals surface area contributed by atoms with Crippen LogP contribution in [0.5, 0.6) is 5.75 Å². The predicted molar refractivity (Wildman–Crippen MR) is 40.2 cm³/mol. The van der Waals surface area contributed by atoms with Crippen LogP contribution in [-0.2, 0) is 0 Å². The first-order valence-corrected chi connectivity index (χ1v) is 3.15. The first kappa shape index (κ1) is 6.03. The maximum Gasteiger partial charge on any atom is 0.187 e. The van der Waals surface area contributed by atoms with Crippen LogP contribution < -0.4 is 4.84 Å². The summed E-state index contributed by atoms with van der Waals surface area (Å²) in [7, 11) is 0. The topological polar surface area (TPSA) is 47.4 Å². The molecular formula is C7H5N3O. The first-order chi connectivity index (χ1) is 5.47. The van der Waals surface area contributed by atoms with Crippen molar-refractivity contribution in [3.8, 4) is 5.75 Å². The van der Waals surface area contributed by atoms with Gasteiger partial charge in [-0.1, -0.05) is 5.16 Å². The highest BCUT2D eigenvalue weighted by molar-refractivity contribution is 5.79. The monoisotopic (exact) mass is 147 g/mol. The van der Waals surface area contributed by atoms with Crippen molar-refractivity contribution < 1.29 is 4.84 Å². The van der Waals surface area contributed by atoms with Crippen molar-refractivity contribution in [1.29, 1.82) is 0 Å². The first-order valence-electron chi connectivity index (χ1n) is 3.15.